The van der Waals surface area contributed by atoms with Crippen LogP contribution in [0.15, 0.2) is 72.8 Å². The predicted molar refractivity (Wildman–Crippen MR) is 130 cm³/mol. The summed E-state index contributed by atoms with van der Waals surface area (Å²) < 4.78 is 21.0. The minimum Gasteiger partial charge on any atom is -0.489 e. The van der Waals surface area contributed by atoms with Crippen molar-refractivity contribution in [3.05, 3.63) is 95.1 Å². The minimum absolute atomic E-state index is 0.139. The van der Waals surface area contributed by atoms with Gasteiger partial charge in [0.2, 0.25) is 0 Å². The Balaban J connectivity index is 1.52. The summed E-state index contributed by atoms with van der Waals surface area (Å²) >= 11 is 0. The summed E-state index contributed by atoms with van der Waals surface area (Å²) in [5.41, 5.74) is 2.30. The summed E-state index contributed by atoms with van der Waals surface area (Å²) in [5, 5.41) is 0. The van der Waals surface area contributed by atoms with E-state index < -0.39 is 23.5 Å². The Hall–Kier alpha value is -4.46. The van der Waals surface area contributed by atoms with E-state index in [9.17, 15) is 19.2 Å². The number of Topliss-reactive ketones (excluding diaryl/α,β-unsaturated/α-hetero) is 2. The van der Waals surface area contributed by atoms with Crippen LogP contribution in [0.1, 0.15) is 45.7 Å². The molecule has 0 bridgehead atoms. The van der Waals surface area contributed by atoms with Gasteiger partial charge in [-0.25, -0.2) is 9.59 Å². The first-order valence-corrected chi connectivity index (χ1v) is 11.4. The summed E-state index contributed by atoms with van der Waals surface area (Å²) in [6.45, 7) is 4.15. The van der Waals surface area contributed by atoms with Crippen LogP contribution in [0.25, 0.3) is 0 Å². The van der Waals surface area contributed by atoms with E-state index >= 15 is 0 Å². The molecule has 0 fully saturated rings. The maximum absolute atomic E-state index is 12.0. The van der Waals surface area contributed by atoms with E-state index in [-0.39, 0.29) is 24.3 Å². The van der Waals surface area contributed by atoms with E-state index in [4.69, 9.17) is 18.9 Å². The van der Waals surface area contributed by atoms with Gasteiger partial charge in [0, 0.05) is 11.1 Å². The van der Waals surface area contributed by atoms with E-state index in [0.29, 0.717) is 24.7 Å². The normalized spacial score (nSPS) is 10.3. The van der Waals surface area contributed by atoms with Crippen LogP contribution in [0.3, 0.4) is 0 Å². The molecule has 186 valence electrons. The number of ketones is 2. The maximum Gasteiger partial charge on any atom is 0.379 e. The Morgan fingerprint density at radius 1 is 0.583 bits per heavy atom. The second kappa shape index (κ2) is 12.9. The third-order valence-corrected chi connectivity index (χ3v) is 4.96. The van der Waals surface area contributed by atoms with Gasteiger partial charge in [0.05, 0.1) is 13.2 Å². The van der Waals surface area contributed by atoms with Crippen molar-refractivity contribution in [1.82, 2.24) is 0 Å². The molecule has 0 aliphatic rings. The average molecular weight is 491 g/mol. The van der Waals surface area contributed by atoms with E-state index in [1.165, 1.54) is 24.3 Å². The van der Waals surface area contributed by atoms with Crippen molar-refractivity contribution in [1.29, 1.82) is 0 Å². The second-order valence-electron chi connectivity index (χ2n) is 7.55. The molecule has 3 aromatic carbocycles. The summed E-state index contributed by atoms with van der Waals surface area (Å²) in [6.07, 6.45) is 0. The van der Waals surface area contributed by atoms with E-state index in [2.05, 4.69) is 0 Å². The topological polar surface area (TPSA) is 105 Å². The van der Waals surface area contributed by atoms with Crippen LogP contribution in [0.4, 0.5) is 0 Å². The van der Waals surface area contributed by atoms with E-state index in [0.717, 1.165) is 11.1 Å². The van der Waals surface area contributed by atoms with Gasteiger partial charge in [-0.1, -0.05) is 18.2 Å². The van der Waals surface area contributed by atoms with Gasteiger partial charge in [-0.3, -0.25) is 9.59 Å². The molecule has 0 radical (unpaired) electrons. The molecule has 0 atom stereocenters. The number of rotatable bonds is 12. The number of carbonyl (C=O) groups excluding carboxylic acids is 4. The van der Waals surface area contributed by atoms with Gasteiger partial charge in [0.15, 0.2) is 0 Å². The van der Waals surface area contributed by atoms with Gasteiger partial charge in [0.25, 0.3) is 11.6 Å². The zero-order valence-corrected chi connectivity index (χ0v) is 20.0. The van der Waals surface area contributed by atoms with Gasteiger partial charge < -0.3 is 18.9 Å². The summed E-state index contributed by atoms with van der Waals surface area (Å²) in [6, 6.07) is 20.2. The molecule has 8 nitrogen and oxygen atoms in total. The molecule has 0 aromatic heterocycles. The van der Waals surface area contributed by atoms with Gasteiger partial charge in [-0.2, -0.15) is 0 Å². The number of ether oxygens (including phenoxy) is 4. The van der Waals surface area contributed by atoms with Crippen molar-refractivity contribution in [3.63, 3.8) is 0 Å². The fourth-order valence-electron chi connectivity index (χ4n) is 3.18. The number of hydrogen-bond donors (Lipinski definition) is 0. The Morgan fingerprint density at radius 3 is 1.33 bits per heavy atom. The van der Waals surface area contributed by atoms with Gasteiger partial charge in [0.1, 0.15) is 24.7 Å². The van der Waals surface area contributed by atoms with Crippen LogP contribution in [0, 0.1) is 0 Å². The van der Waals surface area contributed by atoms with Crippen molar-refractivity contribution >= 4 is 23.5 Å². The lowest BCUT2D eigenvalue weighted by atomic mass is 10.1. The van der Waals surface area contributed by atoms with Crippen molar-refractivity contribution in [2.24, 2.45) is 0 Å². The number of benzene rings is 3. The molecule has 3 rings (SSSR count). The highest BCUT2D eigenvalue weighted by molar-refractivity contribution is 6.41. The molecule has 0 N–H and O–H groups in total. The lowest BCUT2D eigenvalue weighted by Crippen LogP contribution is -2.17. The molecule has 0 saturated heterocycles. The monoisotopic (exact) mass is 490 g/mol. The fraction of sp³-hybridized carbons (Fsp3) is 0.214. The van der Waals surface area contributed by atoms with E-state index in [1.54, 1.807) is 38.1 Å². The Kier molecular flexibility index (Phi) is 9.33. The second-order valence-corrected chi connectivity index (χ2v) is 7.55. The van der Waals surface area contributed by atoms with Crippen LogP contribution < -0.4 is 9.47 Å². The van der Waals surface area contributed by atoms with Gasteiger partial charge >= 0.3 is 11.9 Å². The number of hydrogen-bond acceptors (Lipinski definition) is 8. The first-order valence-electron chi connectivity index (χ1n) is 11.4. The molecule has 0 heterocycles. The zero-order chi connectivity index (χ0) is 25.9. The zero-order valence-electron chi connectivity index (χ0n) is 20.0. The molecular weight excluding hydrogens is 464 g/mol. The molecule has 0 spiro atoms. The Bertz CT molecular complexity index is 1120. The first kappa shape index (κ1) is 26.2. The number of esters is 2. The van der Waals surface area contributed by atoms with Crippen LogP contribution in [-0.2, 0) is 32.3 Å². The number of carbonyl (C=O) groups is 4. The van der Waals surface area contributed by atoms with Crippen molar-refractivity contribution in [2.45, 2.75) is 27.1 Å². The average Bonchev–Trinajstić information content (AvgIpc) is 2.91. The van der Waals surface area contributed by atoms with Crippen LogP contribution >= 0.6 is 0 Å². The molecule has 3 aromatic rings. The van der Waals surface area contributed by atoms with Gasteiger partial charge in [-0.15, -0.1) is 0 Å². The molecule has 0 aliphatic carbocycles. The van der Waals surface area contributed by atoms with Crippen molar-refractivity contribution in [3.8, 4) is 11.5 Å². The Labute approximate surface area is 208 Å². The van der Waals surface area contributed by atoms with Crippen LogP contribution in [0.2, 0.25) is 0 Å². The molecule has 0 saturated carbocycles. The first-order chi connectivity index (χ1) is 17.4. The molecule has 0 aliphatic heterocycles. The summed E-state index contributed by atoms with van der Waals surface area (Å²) in [7, 11) is 0. The quantitative estimate of drug-likeness (QED) is 0.210. The molecule has 0 unspecified atom stereocenters. The highest BCUT2D eigenvalue weighted by Crippen LogP contribution is 2.18. The smallest absolute Gasteiger partial charge is 0.379 e. The Morgan fingerprint density at radius 2 is 0.972 bits per heavy atom. The van der Waals surface area contributed by atoms with Crippen LogP contribution in [-0.4, -0.2) is 36.7 Å². The standard InChI is InChI=1S/C28H26O8/c1-3-33-27(31)25(29)21-8-12-23(13-9-21)35-17-19-6-5-7-20(16-19)18-36-24-14-10-22(11-15-24)26(30)28(32)34-4-2/h5-16H,3-4,17-18H2,1-2H3. The molecule has 0 amide bonds. The summed E-state index contributed by atoms with van der Waals surface area (Å²) in [4.78, 5) is 47.0. The lowest BCUT2D eigenvalue weighted by Gasteiger charge is -2.10. The van der Waals surface area contributed by atoms with Gasteiger partial charge in [-0.05, 0) is 79.6 Å². The minimum atomic E-state index is -0.883. The van der Waals surface area contributed by atoms with E-state index in [1.807, 2.05) is 24.3 Å². The lowest BCUT2D eigenvalue weighted by molar-refractivity contribution is -0.138. The maximum atomic E-state index is 12.0. The largest absolute Gasteiger partial charge is 0.489 e. The predicted octanol–water partition coefficient (Wildman–Crippen LogP) is 4.34. The molecule has 36 heavy (non-hydrogen) atoms. The third-order valence-electron chi connectivity index (χ3n) is 4.96. The molecule has 8 heteroatoms. The highest BCUT2D eigenvalue weighted by Gasteiger charge is 2.18. The van der Waals surface area contributed by atoms with Crippen molar-refractivity contribution < 1.29 is 38.1 Å². The summed E-state index contributed by atoms with van der Waals surface area (Å²) in [5.74, 6) is -2.06. The highest BCUT2D eigenvalue weighted by atomic mass is 16.5. The third kappa shape index (κ3) is 7.27. The SMILES string of the molecule is CCOC(=O)C(=O)c1ccc(OCc2cccc(COc3ccc(C(=O)C(=O)OCC)cc3)c2)cc1. The van der Waals surface area contributed by atoms with Crippen LogP contribution in [0.5, 0.6) is 11.5 Å². The van der Waals surface area contributed by atoms with Crippen molar-refractivity contribution in [2.75, 3.05) is 13.2 Å². The fourth-order valence-corrected chi connectivity index (χ4v) is 3.18. The molecular formula is C28H26O8.